The minimum atomic E-state index is -6.75. The number of hydrogen-bond donors (Lipinski definition) is 1. The molecule has 0 aromatic carbocycles. The van der Waals surface area contributed by atoms with Crippen LogP contribution in [0.4, 0.5) is 35.1 Å². The van der Waals surface area contributed by atoms with Gasteiger partial charge < -0.3 is 9.84 Å². The van der Waals surface area contributed by atoms with Gasteiger partial charge in [0.15, 0.2) is 0 Å². The van der Waals surface area contributed by atoms with Crippen LogP contribution in [-0.2, 0) is 14.3 Å². The van der Waals surface area contributed by atoms with Gasteiger partial charge >= 0.3 is 35.8 Å². The summed E-state index contributed by atoms with van der Waals surface area (Å²) in [6.45, 7) is 1.93. The Bertz CT molecular complexity index is 576. The van der Waals surface area contributed by atoms with E-state index >= 15 is 0 Å². The summed E-state index contributed by atoms with van der Waals surface area (Å²) in [4.78, 5) is 21.0. The minimum absolute atomic E-state index is 0.0202. The molecular weight excluding hydrogens is 420 g/mol. The number of hydrogen-bond acceptors (Lipinski definition) is 3. The third kappa shape index (κ3) is 7.46. The number of carbonyl (C=O) groups is 2. The predicted octanol–water partition coefficient (Wildman–Crippen LogP) is 5.81. The number of rotatable bonds is 14. The number of alkyl halides is 8. The van der Waals surface area contributed by atoms with E-state index < -0.39 is 48.7 Å². The average molecular weight is 442 g/mol. The number of unbranched alkanes of at least 4 members (excludes halogenated alkanes) is 6. The fraction of sp³-hybridized carbons (Fsp3) is 0.765. The molecule has 12 heteroatoms. The van der Waals surface area contributed by atoms with Crippen molar-refractivity contribution in [2.75, 3.05) is 0 Å². The molecule has 0 radical (unpaired) electrons. The number of esters is 1. The van der Waals surface area contributed by atoms with Crippen LogP contribution < -0.4 is 0 Å². The number of carboxylic acid groups (broad SMARTS) is 1. The van der Waals surface area contributed by atoms with Gasteiger partial charge in [-0.1, -0.05) is 45.4 Å². The first kappa shape index (κ1) is 27.1. The molecule has 0 spiro atoms. The highest BCUT2D eigenvalue weighted by Crippen LogP contribution is 2.54. The molecule has 0 heterocycles. The van der Waals surface area contributed by atoms with Crippen molar-refractivity contribution in [1.29, 1.82) is 0 Å². The zero-order valence-electron chi connectivity index (χ0n) is 15.5. The highest BCUT2D eigenvalue weighted by atomic mass is 19.4. The zero-order chi connectivity index (χ0) is 22.9. The normalized spacial score (nSPS) is 13.7. The van der Waals surface area contributed by atoms with Gasteiger partial charge in [0.2, 0.25) is 0 Å². The van der Waals surface area contributed by atoms with E-state index in [4.69, 9.17) is 5.11 Å². The van der Waals surface area contributed by atoms with E-state index in [0.29, 0.717) is 12.8 Å². The molecule has 0 atom stereocenters. The van der Waals surface area contributed by atoms with E-state index in [2.05, 4.69) is 4.74 Å². The molecular formula is C17H22F8O4. The van der Waals surface area contributed by atoms with Gasteiger partial charge in [-0.15, -0.1) is 0 Å². The van der Waals surface area contributed by atoms with Crippen molar-refractivity contribution in [2.24, 2.45) is 0 Å². The summed E-state index contributed by atoms with van der Waals surface area (Å²) in [6.07, 6.45) is -5.43. The molecule has 0 aliphatic rings. The molecule has 0 saturated heterocycles. The van der Waals surface area contributed by atoms with Gasteiger partial charge in [-0.25, -0.2) is 9.59 Å². The van der Waals surface area contributed by atoms with Crippen LogP contribution in [0.2, 0.25) is 0 Å². The number of ether oxygens (including phenoxy) is 1. The number of carbonyl (C=O) groups excluding carboxylic acids is 1. The Hall–Kier alpha value is -1.88. The lowest BCUT2D eigenvalue weighted by molar-refractivity contribution is -0.416. The first-order chi connectivity index (χ1) is 13.1. The van der Waals surface area contributed by atoms with Gasteiger partial charge in [-0.05, 0) is 6.42 Å². The Morgan fingerprint density at radius 1 is 0.793 bits per heavy atom. The first-order valence-corrected chi connectivity index (χ1v) is 8.77. The van der Waals surface area contributed by atoms with Gasteiger partial charge in [0, 0.05) is 18.6 Å². The van der Waals surface area contributed by atoms with Crippen LogP contribution in [0.1, 0.15) is 58.3 Å². The molecule has 170 valence electrons. The third-order valence-corrected chi connectivity index (χ3v) is 3.90. The molecule has 0 bridgehead atoms. The van der Waals surface area contributed by atoms with Crippen molar-refractivity contribution in [3.63, 3.8) is 0 Å². The van der Waals surface area contributed by atoms with Crippen LogP contribution in [0.3, 0.4) is 0 Å². The van der Waals surface area contributed by atoms with Crippen LogP contribution in [-0.4, -0.2) is 40.9 Å². The number of aliphatic carboxylic acids is 1. The summed E-state index contributed by atoms with van der Waals surface area (Å²) < 4.78 is 111. The molecule has 4 nitrogen and oxygen atoms in total. The molecule has 0 saturated carbocycles. The molecule has 0 unspecified atom stereocenters. The van der Waals surface area contributed by atoms with Crippen LogP contribution in [0, 0.1) is 0 Å². The standard InChI is InChI=1S/C17H22F8O4/c1-2-3-4-5-6-7-8-11-14(18,19)15(20,21)16(22,23)17(24,25)29-13(28)10-9-12(26)27/h9-10H,2-8,11H2,1H3,(H,26,27). The monoisotopic (exact) mass is 442 g/mol. The predicted molar refractivity (Wildman–Crippen MR) is 85.3 cm³/mol. The number of halogens is 8. The van der Waals surface area contributed by atoms with Gasteiger partial charge in [-0.2, -0.15) is 35.1 Å². The average Bonchev–Trinajstić information content (AvgIpc) is 2.58. The highest BCUT2D eigenvalue weighted by molar-refractivity contribution is 5.90. The van der Waals surface area contributed by atoms with E-state index in [-0.39, 0.29) is 18.6 Å². The molecule has 0 aromatic heterocycles. The Balaban J connectivity index is 5.09. The van der Waals surface area contributed by atoms with Crippen molar-refractivity contribution in [3.8, 4) is 0 Å². The van der Waals surface area contributed by atoms with Crippen molar-refractivity contribution >= 4 is 11.9 Å². The summed E-state index contributed by atoms with van der Waals surface area (Å²) in [5.74, 6) is -23.1. The second-order valence-corrected chi connectivity index (χ2v) is 6.33. The van der Waals surface area contributed by atoms with E-state index in [1.807, 2.05) is 6.92 Å². The molecule has 1 N–H and O–H groups in total. The second kappa shape index (κ2) is 10.8. The van der Waals surface area contributed by atoms with Crippen LogP contribution in [0.15, 0.2) is 12.2 Å². The quantitative estimate of drug-likeness (QED) is 0.160. The molecule has 0 aliphatic heterocycles. The maximum atomic E-state index is 13.7. The summed E-state index contributed by atoms with van der Waals surface area (Å²) >= 11 is 0. The van der Waals surface area contributed by atoms with Crippen molar-refractivity contribution < 1.29 is 54.6 Å². The number of carboxylic acids is 1. The fourth-order valence-corrected chi connectivity index (χ4v) is 2.24. The van der Waals surface area contributed by atoms with Crippen LogP contribution in [0.5, 0.6) is 0 Å². The van der Waals surface area contributed by atoms with E-state index in [1.165, 1.54) is 0 Å². The second-order valence-electron chi connectivity index (χ2n) is 6.33. The molecule has 0 aliphatic carbocycles. The van der Waals surface area contributed by atoms with E-state index in [1.54, 1.807) is 0 Å². The molecule has 0 rings (SSSR count). The Kier molecular flexibility index (Phi) is 10.1. The molecule has 0 fully saturated rings. The topological polar surface area (TPSA) is 63.6 Å². The summed E-state index contributed by atoms with van der Waals surface area (Å²) in [5.41, 5.74) is 0. The third-order valence-electron chi connectivity index (χ3n) is 3.90. The Morgan fingerprint density at radius 3 is 1.76 bits per heavy atom. The van der Waals surface area contributed by atoms with Gasteiger partial charge in [0.05, 0.1) is 0 Å². The summed E-state index contributed by atoms with van der Waals surface area (Å²) in [5, 5.41) is 8.17. The van der Waals surface area contributed by atoms with Crippen molar-refractivity contribution in [1.82, 2.24) is 0 Å². The van der Waals surface area contributed by atoms with E-state index in [0.717, 1.165) is 19.3 Å². The van der Waals surface area contributed by atoms with Crippen molar-refractivity contribution in [2.45, 2.75) is 82.2 Å². The van der Waals surface area contributed by atoms with Gasteiger partial charge in [0.1, 0.15) is 0 Å². The summed E-state index contributed by atoms with van der Waals surface area (Å²) in [6, 6.07) is 0. The largest absolute Gasteiger partial charge is 0.478 e. The lowest BCUT2D eigenvalue weighted by Gasteiger charge is -2.35. The molecule has 0 aromatic rings. The maximum absolute atomic E-state index is 13.7. The smallest absolute Gasteiger partial charge is 0.473 e. The highest BCUT2D eigenvalue weighted by Gasteiger charge is 2.82. The van der Waals surface area contributed by atoms with E-state index in [9.17, 15) is 44.7 Å². The minimum Gasteiger partial charge on any atom is -0.478 e. The zero-order valence-corrected chi connectivity index (χ0v) is 15.5. The SMILES string of the molecule is CCCCCCCCCC(F)(F)C(F)(F)C(F)(F)C(F)(F)OC(=O)C=CC(=O)O. The van der Waals surface area contributed by atoms with Gasteiger partial charge in [0.25, 0.3) is 0 Å². The lowest BCUT2D eigenvalue weighted by atomic mass is 9.97. The van der Waals surface area contributed by atoms with Gasteiger partial charge in [-0.3, -0.25) is 0 Å². The summed E-state index contributed by atoms with van der Waals surface area (Å²) in [7, 11) is 0. The molecule has 29 heavy (non-hydrogen) atoms. The van der Waals surface area contributed by atoms with Crippen molar-refractivity contribution in [3.05, 3.63) is 12.2 Å². The first-order valence-electron chi connectivity index (χ1n) is 8.77. The van der Waals surface area contributed by atoms with Crippen LogP contribution >= 0.6 is 0 Å². The van der Waals surface area contributed by atoms with Crippen LogP contribution in [0.25, 0.3) is 0 Å². The Morgan fingerprint density at radius 2 is 1.28 bits per heavy atom. The maximum Gasteiger partial charge on any atom is 0.473 e. The molecule has 0 amide bonds. The Labute approximate surface area is 161 Å². The fourth-order valence-electron chi connectivity index (χ4n) is 2.24. The lowest BCUT2D eigenvalue weighted by Crippen LogP contribution is -2.63.